The number of carbonyl (C=O) groups is 1. The maximum atomic E-state index is 11.5. The van der Waals surface area contributed by atoms with Gasteiger partial charge < -0.3 is 4.74 Å². The van der Waals surface area contributed by atoms with E-state index in [0.29, 0.717) is 10.8 Å². The van der Waals surface area contributed by atoms with Crippen molar-refractivity contribution in [3.8, 4) is 5.75 Å². The maximum Gasteiger partial charge on any atom is 0.429 e. The van der Waals surface area contributed by atoms with Gasteiger partial charge in [-0.1, -0.05) is 17.7 Å². The van der Waals surface area contributed by atoms with Crippen molar-refractivity contribution in [2.24, 2.45) is 0 Å². The van der Waals surface area contributed by atoms with Gasteiger partial charge in [0.2, 0.25) is 0 Å². The van der Waals surface area contributed by atoms with Gasteiger partial charge >= 0.3 is 6.09 Å². The third-order valence-corrected chi connectivity index (χ3v) is 2.10. The lowest BCUT2D eigenvalue weighted by Gasteiger charge is -2.23. The first-order chi connectivity index (χ1) is 7.00. The molecular formula is C10H13ClN2O2. The predicted octanol–water partition coefficient (Wildman–Crippen LogP) is 2.25. The van der Waals surface area contributed by atoms with Crippen LogP contribution in [0.15, 0.2) is 24.3 Å². The fraction of sp³-hybridized carbons (Fsp3) is 0.300. The molecule has 1 aromatic carbocycles. The van der Waals surface area contributed by atoms with Gasteiger partial charge in [-0.2, -0.15) is 0 Å². The Kier molecular flexibility index (Phi) is 3.94. The Morgan fingerprint density at radius 2 is 2.00 bits per heavy atom. The van der Waals surface area contributed by atoms with Crippen LogP contribution >= 0.6 is 11.6 Å². The Morgan fingerprint density at radius 3 is 2.53 bits per heavy atom. The standard InChI is InChI=1S/C10H13ClN2O2/c1-12(2)13(3)10(14)15-9-6-4-5-8(11)7-9/h4-7H,1-3H3. The predicted molar refractivity (Wildman–Crippen MR) is 58.9 cm³/mol. The van der Waals surface area contributed by atoms with Crippen molar-refractivity contribution in [3.05, 3.63) is 29.3 Å². The van der Waals surface area contributed by atoms with Crippen LogP contribution in [0.2, 0.25) is 5.02 Å². The van der Waals surface area contributed by atoms with E-state index in [2.05, 4.69) is 0 Å². The lowest BCUT2D eigenvalue weighted by Crippen LogP contribution is -2.40. The molecule has 0 saturated heterocycles. The van der Waals surface area contributed by atoms with Crippen molar-refractivity contribution in [3.63, 3.8) is 0 Å². The van der Waals surface area contributed by atoms with E-state index in [1.807, 2.05) is 0 Å². The third-order valence-electron chi connectivity index (χ3n) is 1.87. The van der Waals surface area contributed by atoms with Crippen LogP contribution in [0.25, 0.3) is 0 Å². The highest BCUT2D eigenvalue weighted by molar-refractivity contribution is 6.30. The Morgan fingerprint density at radius 1 is 1.33 bits per heavy atom. The summed E-state index contributed by atoms with van der Waals surface area (Å²) in [5, 5.41) is 3.50. The molecule has 0 N–H and O–H groups in total. The van der Waals surface area contributed by atoms with Gasteiger partial charge in [0, 0.05) is 26.2 Å². The number of nitrogens with zero attached hydrogens (tertiary/aromatic N) is 2. The molecule has 0 fully saturated rings. The third kappa shape index (κ3) is 3.42. The fourth-order valence-electron chi connectivity index (χ4n) is 0.861. The largest absolute Gasteiger partial charge is 0.429 e. The summed E-state index contributed by atoms with van der Waals surface area (Å²) in [5.74, 6) is 0.432. The molecule has 82 valence electrons. The number of amides is 1. The first-order valence-electron chi connectivity index (χ1n) is 4.39. The van der Waals surface area contributed by atoms with Crippen molar-refractivity contribution in [2.45, 2.75) is 0 Å². The molecule has 0 bridgehead atoms. The average molecular weight is 229 g/mol. The lowest BCUT2D eigenvalue weighted by molar-refractivity contribution is 0.0588. The normalized spacial score (nSPS) is 10.2. The summed E-state index contributed by atoms with van der Waals surface area (Å²) in [6.07, 6.45) is -0.456. The summed E-state index contributed by atoms with van der Waals surface area (Å²) in [6.45, 7) is 0. The number of ether oxygens (including phenoxy) is 1. The van der Waals surface area contributed by atoms with Crippen molar-refractivity contribution < 1.29 is 9.53 Å². The molecule has 1 amide bonds. The zero-order chi connectivity index (χ0) is 11.4. The maximum absolute atomic E-state index is 11.5. The van der Waals surface area contributed by atoms with E-state index < -0.39 is 6.09 Å². The molecule has 0 aliphatic carbocycles. The fourth-order valence-corrected chi connectivity index (χ4v) is 1.04. The minimum Gasteiger partial charge on any atom is -0.409 e. The minimum absolute atomic E-state index is 0.432. The topological polar surface area (TPSA) is 32.8 Å². The Balaban J connectivity index is 2.66. The summed E-state index contributed by atoms with van der Waals surface area (Å²) in [7, 11) is 5.12. The molecule has 15 heavy (non-hydrogen) atoms. The zero-order valence-corrected chi connectivity index (χ0v) is 9.65. The molecule has 5 heteroatoms. The van der Waals surface area contributed by atoms with Crippen molar-refractivity contribution in [1.82, 2.24) is 10.0 Å². The first-order valence-corrected chi connectivity index (χ1v) is 4.77. The van der Waals surface area contributed by atoms with Crippen LogP contribution < -0.4 is 4.74 Å². The van der Waals surface area contributed by atoms with Crippen molar-refractivity contribution >= 4 is 17.7 Å². The number of benzene rings is 1. The zero-order valence-electron chi connectivity index (χ0n) is 8.90. The van der Waals surface area contributed by atoms with Crippen LogP contribution in [-0.2, 0) is 0 Å². The van der Waals surface area contributed by atoms with E-state index in [9.17, 15) is 4.79 Å². The quantitative estimate of drug-likeness (QED) is 0.728. The van der Waals surface area contributed by atoms with Crippen LogP contribution in [0.4, 0.5) is 4.79 Å². The molecule has 0 aromatic heterocycles. The van der Waals surface area contributed by atoms with Crippen molar-refractivity contribution in [2.75, 3.05) is 21.1 Å². The first kappa shape index (κ1) is 11.8. The van der Waals surface area contributed by atoms with Gasteiger partial charge in [0.25, 0.3) is 0 Å². The number of carbonyl (C=O) groups excluding carboxylic acids is 1. The Labute approximate surface area is 94.0 Å². The summed E-state index contributed by atoms with van der Waals surface area (Å²) in [4.78, 5) is 11.5. The number of hydrogen-bond donors (Lipinski definition) is 0. The minimum atomic E-state index is -0.456. The van der Waals surface area contributed by atoms with Crippen molar-refractivity contribution in [1.29, 1.82) is 0 Å². The number of hydrazine groups is 1. The van der Waals surface area contributed by atoms with E-state index in [-0.39, 0.29) is 0 Å². The SMILES string of the molecule is CN(C)N(C)C(=O)Oc1cccc(Cl)c1. The Bertz CT molecular complexity index is 355. The van der Waals surface area contributed by atoms with Crippen LogP contribution in [0, 0.1) is 0 Å². The average Bonchev–Trinajstić information content (AvgIpc) is 2.16. The molecule has 0 spiro atoms. The Hall–Kier alpha value is -1.26. The highest BCUT2D eigenvalue weighted by Crippen LogP contribution is 2.17. The highest BCUT2D eigenvalue weighted by Gasteiger charge is 2.12. The van der Waals surface area contributed by atoms with Gasteiger partial charge in [0.15, 0.2) is 0 Å². The number of halogens is 1. The van der Waals surface area contributed by atoms with Crippen LogP contribution in [0.1, 0.15) is 0 Å². The molecule has 0 atom stereocenters. The molecule has 0 unspecified atom stereocenters. The summed E-state index contributed by atoms with van der Waals surface area (Å²) in [5.41, 5.74) is 0. The van der Waals surface area contributed by atoms with Gasteiger partial charge in [-0.15, -0.1) is 0 Å². The molecule has 4 nitrogen and oxygen atoms in total. The number of hydrogen-bond acceptors (Lipinski definition) is 3. The molecule has 1 rings (SSSR count). The molecular weight excluding hydrogens is 216 g/mol. The van der Waals surface area contributed by atoms with E-state index in [1.54, 1.807) is 50.4 Å². The molecule has 0 radical (unpaired) electrons. The van der Waals surface area contributed by atoms with Gasteiger partial charge in [0.1, 0.15) is 5.75 Å². The van der Waals surface area contributed by atoms with E-state index >= 15 is 0 Å². The van der Waals surface area contributed by atoms with Crippen LogP contribution in [-0.4, -0.2) is 37.3 Å². The van der Waals surface area contributed by atoms with Gasteiger partial charge in [-0.3, -0.25) is 0 Å². The van der Waals surface area contributed by atoms with Gasteiger partial charge in [-0.05, 0) is 18.2 Å². The van der Waals surface area contributed by atoms with Gasteiger partial charge in [-0.25, -0.2) is 14.8 Å². The summed E-state index contributed by atoms with van der Waals surface area (Å²) < 4.78 is 5.08. The second-order valence-corrected chi connectivity index (χ2v) is 3.63. The lowest BCUT2D eigenvalue weighted by atomic mass is 10.3. The molecule has 0 heterocycles. The van der Waals surface area contributed by atoms with E-state index in [0.717, 1.165) is 0 Å². The van der Waals surface area contributed by atoms with Crippen LogP contribution in [0.5, 0.6) is 5.75 Å². The van der Waals surface area contributed by atoms with E-state index in [4.69, 9.17) is 16.3 Å². The van der Waals surface area contributed by atoms with E-state index in [1.165, 1.54) is 5.01 Å². The summed E-state index contributed by atoms with van der Waals surface area (Å²) in [6, 6.07) is 6.70. The van der Waals surface area contributed by atoms with Crippen LogP contribution in [0.3, 0.4) is 0 Å². The summed E-state index contributed by atoms with van der Waals surface area (Å²) >= 11 is 5.76. The smallest absolute Gasteiger partial charge is 0.409 e. The molecule has 0 saturated carbocycles. The second kappa shape index (κ2) is 5.00. The monoisotopic (exact) mass is 228 g/mol. The van der Waals surface area contributed by atoms with Gasteiger partial charge in [0.05, 0.1) is 0 Å². The molecule has 0 aliphatic rings. The second-order valence-electron chi connectivity index (χ2n) is 3.20. The molecule has 0 aliphatic heterocycles. The highest BCUT2D eigenvalue weighted by atomic mass is 35.5. The number of rotatable bonds is 2. The molecule has 1 aromatic rings.